The van der Waals surface area contributed by atoms with Gasteiger partial charge in [0, 0.05) is 24.2 Å². The fourth-order valence-corrected chi connectivity index (χ4v) is 21.3. The summed E-state index contributed by atoms with van der Waals surface area (Å²) in [5.74, 6) is 3.09. The molecule has 0 fully saturated rings. The molecule has 8 heteroatoms. The molecule has 0 spiro atoms. The average Bonchev–Trinajstić information content (AvgIpc) is 3.00. The van der Waals surface area contributed by atoms with Gasteiger partial charge in [-0.15, -0.1) is 6.58 Å². The van der Waals surface area contributed by atoms with E-state index < -0.39 is 25.0 Å². The minimum Gasteiger partial charge on any atom is -0.542 e. The normalized spacial score (nSPS) is 15.3. The van der Waals surface area contributed by atoms with Gasteiger partial charge in [0.1, 0.15) is 11.5 Å². The molecular weight excluding hydrogens is 709 g/mol. The van der Waals surface area contributed by atoms with Crippen LogP contribution in [0.5, 0.6) is 11.5 Å². The van der Waals surface area contributed by atoms with Gasteiger partial charge in [0.25, 0.3) is 16.6 Å². The Kier molecular flexibility index (Phi) is 19.3. The van der Waals surface area contributed by atoms with Crippen molar-refractivity contribution >= 4 is 41.8 Å². The molecule has 0 saturated carbocycles. The van der Waals surface area contributed by atoms with Crippen LogP contribution in [0.15, 0.2) is 24.8 Å². The van der Waals surface area contributed by atoms with E-state index in [1.807, 2.05) is 0 Å². The van der Waals surface area contributed by atoms with E-state index in [1.54, 1.807) is 6.92 Å². The standard InChI is InChI=1S/C44H84O4SSi3/c1-22-24-25-38(26-27-49-37(16)45)42-40(46-51(30(3)4,31(5)6)32(7)8)28-39(43(36(15)23-2)48-50(20,21)44(17,18)19)29-41(42)47-52(33(9)10,34(11)12)35(13)14/h23,28-36,38,43H,2,22,24-27H2,1,3-21H3/t36-,38-,43+/m0/s1. The summed E-state index contributed by atoms with van der Waals surface area (Å²) in [7, 11) is -6.99. The molecule has 3 atom stereocenters. The van der Waals surface area contributed by atoms with Crippen LogP contribution in [-0.4, -0.2) is 35.8 Å². The smallest absolute Gasteiger partial charge is 0.258 e. The number of thioether (sulfide) groups is 1. The summed E-state index contributed by atoms with van der Waals surface area (Å²) in [6, 6.07) is 4.74. The Labute approximate surface area is 331 Å². The SMILES string of the molecule is C=C[C@H](C)[C@@H](O[Si](C)(C)C(C)(C)C)c1cc(O[Si](C(C)C)(C(C)C)C(C)C)c([C@@H](CCCC)CCSC(C)=O)c(O[Si](C(C)C)(C(C)C)C(C)C)c1. The molecule has 0 aromatic heterocycles. The van der Waals surface area contributed by atoms with Gasteiger partial charge < -0.3 is 13.3 Å². The third-order valence-corrected chi connectivity index (χ3v) is 29.9. The number of hydrogen-bond acceptors (Lipinski definition) is 5. The van der Waals surface area contributed by atoms with Crippen molar-refractivity contribution in [3.05, 3.63) is 35.9 Å². The topological polar surface area (TPSA) is 44.8 Å². The average molecular weight is 793 g/mol. The van der Waals surface area contributed by atoms with Gasteiger partial charge >= 0.3 is 0 Å². The quantitative estimate of drug-likeness (QED) is 0.0864. The molecule has 0 amide bonds. The molecule has 0 aliphatic rings. The van der Waals surface area contributed by atoms with Crippen LogP contribution in [0, 0.1) is 5.92 Å². The van der Waals surface area contributed by atoms with Gasteiger partial charge in [-0.05, 0) is 87.8 Å². The van der Waals surface area contributed by atoms with E-state index in [0.29, 0.717) is 33.2 Å². The van der Waals surface area contributed by atoms with Crippen molar-refractivity contribution in [2.45, 2.75) is 214 Å². The first-order valence-electron chi connectivity index (χ1n) is 20.8. The third-order valence-electron chi connectivity index (χ3n) is 12.6. The van der Waals surface area contributed by atoms with Gasteiger partial charge in [0.15, 0.2) is 13.4 Å². The second-order valence-electron chi connectivity index (χ2n) is 19.1. The number of benzene rings is 1. The van der Waals surface area contributed by atoms with Gasteiger partial charge in [0.05, 0.1) is 6.10 Å². The van der Waals surface area contributed by atoms with E-state index in [9.17, 15) is 4.79 Å². The van der Waals surface area contributed by atoms with Gasteiger partial charge in [-0.25, -0.2) is 0 Å². The highest BCUT2D eigenvalue weighted by molar-refractivity contribution is 8.13. The third kappa shape index (κ3) is 11.6. The number of unbranched alkanes of at least 4 members (excludes halogenated alkanes) is 1. The summed E-state index contributed by atoms with van der Waals surface area (Å²) in [5.41, 5.74) is 4.86. The molecule has 0 aliphatic heterocycles. The van der Waals surface area contributed by atoms with Crippen molar-refractivity contribution in [2.75, 3.05) is 5.75 Å². The number of carbonyl (C=O) groups is 1. The van der Waals surface area contributed by atoms with Crippen LogP contribution >= 0.6 is 11.8 Å². The van der Waals surface area contributed by atoms with Gasteiger partial charge in [-0.1, -0.05) is 148 Å². The minimum atomic E-state index is -2.40. The first-order valence-corrected chi connectivity index (χ1v) is 28.9. The highest BCUT2D eigenvalue weighted by Crippen LogP contribution is 2.52. The van der Waals surface area contributed by atoms with E-state index >= 15 is 0 Å². The summed E-state index contributed by atoms with van der Waals surface area (Å²) in [5, 5.41) is 0.229. The van der Waals surface area contributed by atoms with Gasteiger partial charge in [0.2, 0.25) is 0 Å². The molecular formula is C44H84O4SSi3. The maximum absolute atomic E-state index is 12.2. The molecule has 0 unspecified atom stereocenters. The molecule has 4 nitrogen and oxygen atoms in total. The van der Waals surface area contributed by atoms with E-state index in [0.717, 1.165) is 48.5 Å². The van der Waals surface area contributed by atoms with Gasteiger partial charge in [-0.2, -0.15) is 0 Å². The lowest BCUT2D eigenvalue weighted by Gasteiger charge is -2.46. The zero-order valence-electron chi connectivity index (χ0n) is 37.7. The fraction of sp³-hybridized carbons (Fsp3) is 0.795. The summed E-state index contributed by atoms with van der Waals surface area (Å²) in [6.07, 6.45) is 6.05. The molecule has 0 N–H and O–H groups in total. The van der Waals surface area contributed by atoms with Gasteiger partial charge in [-0.3, -0.25) is 4.79 Å². The van der Waals surface area contributed by atoms with Crippen LogP contribution in [0.3, 0.4) is 0 Å². The lowest BCUT2D eigenvalue weighted by Crippen LogP contribution is -2.51. The van der Waals surface area contributed by atoms with Crippen molar-refractivity contribution in [1.82, 2.24) is 0 Å². The number of carbonyl (C=O) groups excluding carboxylic acids is 1. The van der Waals surface area contributed by atoms with E-state index in [4.69, 9.17) is 13.3 Å². The second kappa shape index (κ2) is 20.4. The molecule has 1 rings (SSSR count). The summed E-state index contributed by atoms with van der Waals surface area (Å²) in [6.45, 7) is 50.7. The Balaban J connectivity index is 4.66. The van der Waals surface area contributed by atoms with Crippen molar-refractivity contribution in [1.29, 1.82) is 0 Å². The van der Waals surface area contributed by atoms with Crippen molar-refractivity contribution in [3.8, 4) is 11.5 Å². The molecule has 0 aliphatic carbocycles. The number of rotatable bonds is 22. The molecule has 1 aromatic carbocycles. The molecule has 0 radical (unpaired) electrons. The van der Waals surface area contributed by atoms with Crippen LogP contribution in [0.4, 0.5) is 0 Å². The first-order chi connectivity index (χ1) is 23.8. The zero-order chi connectivity index (χ0) is 40.6. The minimum absolute atomic E-state index is 0.0500. The Morgan fingerprint density at radius 3 is 1.48 bits per heavy atom. The summed E-state index contributed by atoms with van der Waals surface area (Å²) >= 11 is 1.45. The van der Waals surface area contributed by atoms with Crippen LogP contribution in [0.2, 0.25) is 51.4 Å². The highest BCUT2D eigenvalue weighted by Gasteiger charge is 2.50. The Morgan fingerprint density at radius 1 is 0.769 bits per heavy atom. The van der Waals surface area contributed by atoms with Crippen molar-refractivity contribution in [2.24, 2.45) is 5.92 Å². The molecule has 1 aromatic rings. The largest absolute Gasteiger partial charge is 0.542 e. The molecule has 302 valence electrons. The summed E-state index contributed by atoms with van der Waals surface area (Å²) < 4.78 is 23.1. The maximum atomic E-state index is 12.2. The van der Waals surface area contributed by atoms with Crippen LogP contribution in [-0.2, 0) is 9.22 Å². The lowest BCUT2D eigenvalue weighted by atomic mass is 9.87. The number of hydrogen-bond donors (Lipinski definition) is 0. The van der Waals surface area contributed by atoms with Crippen molar-refractivity contribution < 1.29 is 18.1 Å². The van der Waals surface area contributed by atoms with Crippen LogP contribution < -0.4 is 8.85 Å². The zero-order valence-corrected chi connectivity index (χ0v) is 41.5. The lowest BCUT2D eigenvalue weighted by molar-refractivity contribution is -0.109. The van der Waals surface area contributed by atoms with E-state index in [1.165, 1.54) is 17.3 Å². The first kappa shape index (κ1) is 49.2. The molecule has 0 bridgehead atoms. The van der Waals surface area contributed by atoms with Crippen molar-refractivity contribution in [3.63, 3.8) is 0 Å². The molecule has 0 saturated heterocycles. The van der Waals surface area contributed by atoms with Crippen LogP contribution in [0.1, 0.15) is 173 Å². The van der Waals surface area contributed by atoms with E-state index in [-0.39, 0.29) is 28.1 Å². The molecule has 0 heterocycles. The Bertz CT molecular complexity index is 1170. The maximum Gasteiger partial charge on any atom is 0.258 e. The van der Waals surface area contributed by atoms with Crippen LogP contribution in [0.25, 0.3) is 0 Å². The van der Waals surface area contributed by atoms with E-state index in [2.05, 4.69) is 156 Å². The Morgan fingerprint density at radius 2 is 1.17 bits per heavy atom. The monoisotopic (exact) mass is 793 g/mol. The predicted octanol–water partition coefficient (Wildman–Crippen LogP) is 15.6. The highest BCUT2D eigenvalue weighted by atomic mass is 32.2. The fourth-order valence-electron chi connectivity index (χ4n) is 8.77. The second-order valence-corrected chi connectivity index (χ2v) is 35.9. The predicted molar refractivity (Wildman–Crippen MR) is 240 cm³/mol. The summed E-state index contributed by atoms with van der Waals surface area (Å²) in [4.78, 5) is 12.2. The Hall–Kier alpha value is -0.809. The molecule has 52 heavy (non-hydrogen) atoms.